The van der Waals surface area contributed by atoms with Crippen molar-refractivity contribution in [1.29, 1.82) is 0 Å². The maximum absolute atomic E-state index is 5.28. The predicted molar refractivity (Wildman–Crippen MR) is 52.9 cm³/mol. The van der Waals surface area contributed by atoms with Crippen LogP contribution in [0.4, 0.5) is 11.4 Å². The summed E-state index contributed by atoms with van der Waals surface area (Å²) in [5, 5.41) is 0. The summed E-state index contributed by atoms with van der Waals surface area (Å²) in [6.07, 6.45) is 0. The molecule has 4 N–H and O–H groups in total. The van der Waals surface area contributed by atoms with Crippen molar-refractivity contribution in [2.75, 3.05) is 11.5 Å². The third kappa shape index (κ3) is 5.13. The van der Waals surface area contributed by atoms with Gasteiger partial charge in [-0.1, -0.05) is 11.4 Å². The normalized spacial score (nSPS) is 8.00. The van der Waals surface area contributed by atoms with Crippen LogP contribution >= 0.6 is 0 Å². The van der Waals surface area contributed by atoms with Crippen molar-refractivity contribution < 1.29 is 17.4 Å². The van der Waals surface area contributed by atoms with Gasteiger partial charge < -0.3 is 11.5 Å². The van der Waals surface area contributed by atoms with Gasteiger partial charge in [0.2, 0.25) is 0 Å². The van der Waals surface area contributed by atoms with Crippen molar-refractivity contribution >= 4 is 11.4 Å². The average Bonchev–Trinajstić information content (AvgIpc) is 2.63. The monoisotopic (exact) mass is 212 g/mol. The van der Waals surface area contributed by atoms with Crippen LogP contribution in [0.25, 0.3) is 0 Å². The Kier molecular flexibility index (Phi) is 5.79. The van der Waals surface area contributed by atoms with E-state index in [9.17, 15) is 0 Å². The molecule has 0 fully saturated rings. The Balaban J connectivity index is 0.000000206. The van der Waals surface area contributed by atoms with E-state index in [-0.39, 0.29) is 17.4 Å². The van der Waals surface area contributed by atoms with Gasteiger partial charge in [-0.3, -0.25) is 0 Å². The van der Waals surface area contributed by atoms with Crippen LogP contribution < -0.4 is 11.5 Å². The van der Waals surface area contributed by atoms with Crippen LogP contribution in [-0.2, 0) is 17.4 Å². The molecule has 68 valence electrons. The molecule has 0 aliphatic carbocycles. The molecule has 3 heteroatoms. The molecule has 0 spiro atoms. The van der Waals surface area contributed by atoms with Gasteiger partial charge in [-0.2, -0.15) is 24.3 Å². The first-order valence-corrected chi connectivity index (χ1v) is 3.73. The summed E-state index contributed by atoms with van der Waals surface area (Å²) in [5.41, 5.74) is 12.2. The van der Waals surface area contributed by atoms with E-state index in [4.69, 9.17) is 11.5 Å². The SMILES string of the molecule is N[c-]1cccc1.N[c-]1cccc1.[Cr+2]. The van der Waals surface area contributed by atoms with Crippen LogP contribution in [0.1, 0.15) is 0 Å². The van der Waals surface area contributed by atoms with E-state index >= 15 is 0 Å². The number of nitrogen functional groups attached to an aromatic ring is 2. The Labute approximate surface area is 89.0 Å². The van der Waals surface area contributed by atoms with Crippen molar-refractivity contribution in [2.24, 2.45) is 0 Å². The molecular weight excluding hydrogens is 200 g/mol. The van der Waals surface area contributed by atoms with Gasteiger partial charge >= 0.3 is 17.4 Å². The average molecular weight is 212 g/mol. The molecule has 0 heterocycles. The Morgan fingerprint density at radius 2 is 0.846 bits per heavy atom. The van der Waals surface area contributed by atoms with Gasteiger partial charge in [0.25, 0.3) is 0 Å². The number of anilines is 2. The summed E-state index contributed by atoms with van der Waals surface area (Å²) in [7, 11) is 0. The van der Waals surface area contributed by atoms with Crippen molar-refractivity contribution in [2.45, 2.75) is 0 Å². The number of nitrogens with two attached hydrogens (primary N) is 2. The van der Waals surface area contributed by atoms with Gasteiger partial charge in [-0.15, -0.1) is 0 Å². The molecule has 0 unspecified atom stereocenters. The summed E-state index contributed by atoms with van der Waals surface area (Å²) in [4.78, 5) is 0. The van der Waals surface area contributed by atoms with Crippen LogP contribution in [0.2, 0.25) is 0 Å². The third-order valence-electron chi connectivity index (χ3n) is 1.38. The minimum absolute atomic E-state index is 0. The molecule has 2 nitrogen and oxygen atoms in total. The molecule has 13 heavy (non-hydrogen) atoms. The first kappa shape index (κ1) is 11.8. The second kappa shape index (κ2) is 6.36. The Hall–Kier alpha value is -1.17. The first-order valence-electron chi connectivity index (χ1n) is 3.73. The standard InChI is InChI=1S/2C5H6N.Cr/c2*6-5-3-1-2-4-5;/h2*1-4H,6H2;/q2*-1;+2. The summed E-state index contributed by atoms with van der Waals surface area (Å²) < 4.78 is 0. The maximum Gasteiger partial charge on any atom is 2.00 e. The molecule has 0 aliphatic heterocycles. The van der Waals surface area contributed by atoms with Gasteiger partial charge in [0.15, 0.2) is 0 Å². The number of rotatable bonds is 0. The molecule has 2 aromatic carbocycles. The molecule has 0 saturated carbocycles. The third-order valence-corrected chi connectivity index (χ3v) is 1.38. The van der Waals surface area contributed by atoms with E-state index in [1.54, 1.807) is 0 Å². The van der Waals surface area contributed by atoms with Crippen molar-refractivity contribution in [3.05, 3.63) is 48.5 Å². The van der Waals surface area contributed by atoms with Crippen molar-refractivity contribution in [1.82, 2.24) is 0 Å². The largest absolute Gasteiger partial charge is 2.00 e. The molecule has 0 bridgehead atoms. The summed E-state index contributed by atoms with van der Waals surface area (Å²) in [5.74, 6) is 0. The molecule has 2 rings (SSSR count). The molecule has 2 aromatic rings. The van der Waals surface area contributed by atoms with Gasteiger partial charge in [0.1, 0.15) is 0 Å². The van der Waals surface area contributed by atoms with Crippen LogP contribution in [0.3, 0.4) is 0 Å². The zero-order chi connectivity index (χ0) is 8.81. The van der Waals surface area contributed by atoms with Gasteiger partial charge in [-0.05, 0) is 0 Å². The smallest absolute Gasteiger partial charge is 0.449 e. The summed E-state index contributed by atoms with van der Waals surface area (Å²) >= 11 is 0. The minimum Gasteiger partial charge on any atom is -0.449 e. The quantitative estimate of drug-likeness (QED) is 0.656. The zero-order valence-electron chi connectivity index (χ0n) is 7.18. The van der Waals surface area contributed by atoms with E-state index in [1.807, 2.05) is 48.5 Å². The molecule has 0 aliphatic rings. The van der Waals surface area contributed by atoms with E-state index in [2.05, 4.69) is 0 Å². The Morgan fingerprint density at radius 1 is 0.615 bits per heavy atom. The fourth-order valence-electron chi connectivity index (χ4n) is 0.778. The molecule has 0 saturated heterocycles. The number of hydrogen-bond donors (Lipinski definition) is 2. The second-order valence-electron chi connectivity index (χ2n) is 2.44. The van der Waals surface area contributed by atoms with E-state index in [1.165, 1.54) is 0 Å². The van der Waals surface area contributed by atoms with Crippen molar-refractivity contribution in [3.63, 3.8) is 0 Å². The molecule has 0 aromatic heterocycles. The first-order chi connectivity index (χ1) is 5.79. The van der Waals surface area contributed by atoms with E-state index in [0.29, 0.717) is 0 Å². The van der Waals surface area contributed by atoms with Gasteiger partial charge in [-0.25, -0.2) is 24.3 Å². The number of hydrogen-bond acceptors (Lipinski definition) is 2. The predicted octanol–water partition coefficient (Wildman–Crippen LogP) is 1.97. The summed E-state index contributed by atoms with van der Waals surface area (Å²) in [6.45, 7) is 0. The van der Waals surface area contributed by atoms with Gasteiger partial charge in [0.05, 0.1) is 0 Å². The second-order valence-corrected chi connectivity index (χ2v) is 2.44. The van der Waals surface area contributed by atoms with Crippen molar-refractivity contribution in [3.8, 4) is 0 Å². The molecule has 0 atom stereocenters. The van der Waals surface area contributed by atoms with Crippen LogP contribution in [-0.4, -0.2) is 0 Å². The van der Waals surface area contributed by atoms with Crippen LogP contribution in [0, 0.1) is 0 Å². The zero-order valence-corrected chi connectivity index (χ0v) is 8.46. The fourth-order valence-corrected chi connectivity index (χ4v) is 0.778. The van der Waals surface area contributed by atoms with E-state index in [0.717, 1.165) is 11.4 Å². The van der Waals surface area contributed by atoms with Gasteiger partial charge in [0, 0.05) is 0 Å². The Bertz CT molecular complexity index is 252. The Morgan fingerprint density at radius 3 is 0.923 bits per heavy atom. The molecule has 0 amide bonds. The van der Waals surface area contributed by atoms with Crippen LogP contribution in [0.15, 0.2) is 48.5 Å². The van der Waals surface area contributed by atoms with E-state index < -0.39 is 0 Å². The molecule has 0 radical (unpaired) electrons. The fraction of sp³-hybridized carbons (Fsp3) is 0. The summed E-state index contributed by atoms with van der Waals surface area (Å²) in [6, 6.07) is 15.1. The minimum atomic E-state index is 0. The maximum atomic E-state index is 5.28. The topological polar surface area (TPSA) is 52.0 Å². The van der Waals surface area contributed by atoms with Crippen LogP contribution in [0.5, 0.6) is 0 Å². The molecular formula is C10H12CrN2.